The van der Waals surface area contributed by atoms with E-state index < -0.39 is 0 Å². The maximum absolute atomic E-state index is 13.1. The van der Waals surface area contributed by atoms with E-state index >= 15 is 0 Å². The molecule has 0 atom stereocenters. The number of rotatable bonds is 5. The normalized spacial score (nSPS) is 15.2. The van der Waals surface area contributed by atoms with Gasteiger partial charge in [-0.05, 0) is 37.1 Å². The first-order valence-corrected chi connectivity index (χ1v) is 10.9. The number of aromatic nitrogens is 4. The number of pyridine rings is 1. The van der Waals surface area contributed by atoms with Gasteiger partial charge in [0.15, 0.2) is 5.65 Å². The number of hydrogen-bond acceptors (Lipinski definition) is 5. The van der Waals surface area contributed by atoms with Crippen LogP contribution in [0.25, 0.3) is 27.7 Å². The fourth-order valence-corrected chi connectivity index (χ4v) is 4.36. The molecule has 4 heterocycles. The van der Waals surface area contributed by atoms with E-state index in [1.807, 2.05) is 43.5 Å². The van der Waals surface area contributed by atoms with E-state index in [1.165, 1.54) is 0 Å². The third-order valence-corrected chi connectivity index (χ3v) is 6.12. The number of fused-ring (bicyclic) bond motifs is 3. The Morgan fingerprint density at radius 1 is 1.10 bits per heavy atom. The van der Waals surface area contributed by atoms with Gasteiger partial charge in [0.2, 0.25) is 0 Å². The van der Waals surface area contributed by atoms with Crippen LogP contribution in [0.15, 0.2) is 47.5 Å². The SMILES string of the molecule is Cc1nn2c(ncc3c(=O)n(CCCN4CCOCC4)ccc32)c1-c1ccc(Cl)cc1. The van der Waals surface area contributed by atoms with Gasteiger partial charge in [0.25, 0.3) is 5.56 Å². The van der Waals surface area contributed by atoms with E-state index in [1.54, 1.807) is 15.3 Å². The molecular formula is C23H24ClN5O2. The fraction of sp³-hybridized carbons (Fsp3) is 0.348. The van der Waals surface area contributed by atoms with Crippen molar-refractivity contribution in [2.45, 2.75) is 19.9 Å². The highest BCUT2D eigenvalue weighted by molar-refractivity contribution is 6.30. The third kappa shape index (κ3) is 3.84. The van der Waals surface area contributed by atoms with Crippen LogP contribution in [0.1, 0.15) is 12.1 Å². The highest BCUT2D eigenvalue weighted by Crippen LogP contribution is 2.29. The first-order chi connectivity index (χ1) is 15.1. The van der Waals surface area contributed by atoms with Crippen molar-refractivity contribution < 1.29 is 4.74 Å². The van der Waals surface area contributed by atoms with Gasteiger partial charge in [-0.15, -0.1) is 0 Å². The molecule has 160 valence electrons. The smallest absolute Gasteiger partial charge is 0.261 e. The van der Waals surface area contributed by atoms with Gasteiger partial charge in [-0.2, -0.15) is 5.10 Å². The average Bonchev–Trinajstić information content (AvgIpc) is 3.13. The second-order valence-corrected chi connectivity index (χ2v) is 8.32. The highest BCUT2D eigenvalue weighted by Gasteiger charge is 2.16. The molecule has 31 heavy (non-hydrogen) atoms. The minimum absolute atomic E-state index is 0.0323. The number of aryl methyl sites for hydroxylation is 2. The van der Waals surface area contributed by atoms with Crippen LogP contribution in [-0.4, -0.2) is 56.9 Å². The number of ether oxygens (including phenoxy) is 1. The lowest BCUT2D eigenvalue weighted by Gasteiger charge is -2.26. The van der Waals surface area contributed by atoms with Crippen LogP contribution in [-0.2, 0) is 11.3 Å². The number of morpholine rings is 1. The average molecular weight is 438 g/mol. The molecule has 0 spiro atoms. The van der Waals surface area contributed by atoms with Crippen LogP contribution >= 0.6 is 11.6 Å². The molecule has 0 bridgehead atoms. The van der Waals surface area contributed by atoms with E-state index in [0.717, 1.165) is 67.3 Å². The maximum Gasteiger partial charge on any atom is 0.261 e. The van der Waals surface area contributed by atoms with E-state index in [2.05, 4.69) is 15.0 Å². The standard InChI is InChI=1S/C23H24ClN5O2/c1-16-21(17-3-5-18(24)6-4-17)22-25-15-19-20(29(22)26-16)7-10-28(23(19)30)9-2-8-27-11-13-31-14-12-27/h3-7,10,15H,2,8-9,11-14H2,1H3. The Kier molecular flexibility index (Phi) is 5.48. The summed E-state index contributed by atoms with van der Waals surface area (Å²) in [5, 5.41) is 5.95. The molecule has 0 N–H and O–H groups in total. The minimum atomic E-state index is -0.0323. The zero-order valence-electron chi connectivity index (χ0n) is 17.4. The molecule has 1 saturated heterocycles. The van der Waals surface area contributed by atoms with Gasteiger partial charge in [0.1, 0.15) is 0 Å². The van der Waals surface area contributed by atoms with Crippen molar-refractivity contribution in [3.8, 4) is 11.1 Å². The molecule has 1 aliphatic heterocycles. The van der Waals surface area contributed by atoms with Crippen LogP contribution in [0.5, 0.6) is 0 Å². The zero-order valence-corrected chi connectivity index (χ0v) is 18.2. The summed E-state index contributed by atoms with van der Waals surface area (Å²) in [6.45, 7) is 7.10. The van der Waals surface area contributed by atoms with Crippen molar-refractivity contribution >= 4 is 28.2 Å². The Bertz CT molecular complexity index is 1290. The lowest BCUT2D eigenvalue weighted by molar-refractivity contribution is 0.0369. The van der Waals surface area contributed by atoms with Crippen LogP contribution in [0.3, 0.4) is 0 Å². The molecule has 7 nitrogen and oxygen atoms in total. The van der Waals surface area contributed by atoms with Crippen molar-refractivity contribution in [1.29, 1.82) is 0 Å². The summed E-state index contributed by atoms with van der Waals surface area (Å²) < 4.78 is 8.93. The quantitative estimate of drug-likeness (QED) is 0.479. The summed E-state index contributed by atoms with van der Waals surface area (Å²) in [5.41, 5.74) is 4.28. The Hall–Kier alpha value is -2.74. The summed E-state index contributed by atoms with van der Waals surface area (Å²) in [6, 6.07) is 9.60. The van der Waals surface area contributed by atoms with Crippen LogP contribution < -0.4 is 5.56 Å². The van der Waals surface area contributed by atoms with E-state index in [4.69, 9.17) is 16.3 Å². The summed E-state index contributed by atoms with van der Waals surface area (Å²) in [6.07, 6.45) is 4.46. The number of benzene rings is 1. The van der Waals surface area contributed by atoms with Crippen molar-refractivity contribution in [2.75, 3.05) is 32.8 Å². The van der Waals surface area contributed by atoms with Gasteiger partial charge in [0.05, 0.1) is 29.8 Å². The molecule has 8 heteroatoms. The van der Waals surface area contributed by atoms with Gasteiger partial charge in [-0.25, -0.2) is 9.50 Å². The summed E-state index contributed by atoms with van der Waals surface area (Å²) in [5.74, 6) is 0. The van der Waals surface area contributed by atoms with Crippen LogP contribution in [0.4, 0.5) is 0 Å². The molecule has 0 aliphatic carbocycles. The second-order valence-electron chi connectivity index (χ2n) is 7.88. The Morgan fingerprint density at radius 3 is 2.65 bits per heavy atom. The Labute approximate surface area is 184 Å². The van der Waals surface area contributed by atoms with Gasteiger partial charge in [0, 0.05) is 49.2 Å². The molecular weight excluding hydrogens is 414 g/mol. The van der Waals surface area contributed by atoms with Crippen molar-refractivity contribution in [2.24, 2.45) is 0 Å². The molecule has 0 saturated carbocycles. The Morgan fingerprint density at radius 2 is 1.87 bits per heavy atom. The van der Waals surface area contributed by atoms with Crippen molar-refractivity contribution in [3.05, 3.63) is 63.8 Å². The molecule has 5 rings (SSSR count). The predicted octanol–water partition coefficient (Wildman–Crippen LogP) is 3.40. The van der Waals surface area contributed by atoms with Gasteiger partial charge < -0.3 is 9.30 Å². The topological polar surface area (TPSA) is 64.7 Å². The monoisotopic (exact) mass is 437 g/mol. The van der Waals surface area contributed by atoms with E-state index in [0.29, 0.717) is 17.0 Å². The summed E-state index contributed by atoms with van der Waals surface area (Å²) >= 11 is 6.04. The maximum atomic E-state index is 13.1. The van der Waals surface area contributed by atoms with Crippen LogP contribution in [0.2, 0.25) is 5.02 Å². The zero-order chi connectivity index (χ0) is 21.4. The predicted molar refractivity (Wildman–Crippen MR) is 122 cm³/mol. The van der Waals surface area contributed by atoms with E-state index in [-0.39, 0.29) is 5.56 Å². The minimum Gasteiger partial charge on any atom is -0.379 e. The molecule has 1 aromatic carbocycles. The lowest BCUT2D eigenvalue weighted by Crippen LogP contribution is -2.37. The molecule has 0 unspecified atom stereocenters. The summed E-state index contributed by atoms with van der Waals surface area (Å²) in [7, 11) is 0. The molecule has 1 aliphatic rings. The molecule has 0 radical (unpaired) electrons. The highest BCUT2D eigenvalue weighted by atomic mass is 35.5. The molecule has 1 fully saturated rings. The largest absolute Gasteiger partial charge is 0.379 e. The van der Waals surface area contributed by atoms with Gasteiger partial charge in [-0.3, -0.25) is 9.69 Å². The van der Waals surface area contributed by atoms with Gasteiger partial charge in [-0.1, -0.05) is 23.7 Å². The third-order valence-electron chi connectivity index (χ3n) is 5.87. The van der Waals surface area contributed by atoms with E-state index in [9.17, 15) is 4.79 Å². The summed E-state index contributed by atoms with van der Waals surface area (Å²) in [4.78, 5) is 20.1. The second kappa shape index (κ2) is 8.42. The first-order valence-electron chi connectivity index (χ1n) is 10.6. The van der Waals surface area contributed by atoms with Gasteiger partial charge >= 0.3 is 0 Å². The number of halogens is 1. The Balaban J connectivity index is 1.47. The molecule has 3 aromatic heterocycles. The first kappa shape index (κ1) is 20.2. The van der Waals surface area contributed by atoms with Crippen LogP contribution in [0, 0.1) is 6.92 Å². The number of nitrogens with zero attached hydrogens (tertiary/aromatic N) is 5. The number of hydrogen-bond donors (Lipinski definition) is 0. The molecule has 0 amide bonds. The van der Waals surface area contributed by atoms with Crippen molar-refractivity contribution in [3.63, 3.8) is 0 Å². The molecule has 4 aromatic rings. The van der Waals surface area contributed by atoms with Crippen molar-refractivity contribution in [1.82, 2.24) is 24.1 Å². The fourth-order valence-electron chi connectivity index (χ4n) is 4.24. The lowest BCUT2D eigenvalue weighted by atomic mass is 10.1.